The van der Waals surface area contributed by atoms with Gasteiger partial charge in [0.1, 0.15) is 0 Å². The predicted octanol–water partition coefficient (Wildman–Crippen LogP) is 2.32. The molecule has 0 saturated heterocycles. The van der Waals surface area contributed by atoms with Crippen LogP contribution in [-0.2, 0) is 0 Å². The van der Waals surface area contributed by atoms with Gasteiger partial charge in [0.25, 0.3) is 0 Å². The Morgan fingerprint density at radius 1 is 0.684 bits per heavy atom. The molecule has 0 amide bonds. The van der Waals surface area contributed by atoms with Crippen LogP contribution in [0.25, 0.3) is 32.3 Å². The molecular formula is C16H9NO2. The molecule has 3 nitrogen and oxygen atoms in total. The molecule has 0 unspecified atom stereocenters. The van der Waals surface area contributed by atoms with Crippen molar-refractivity contribution >= 4 is 38.0 Å². The summed E-state index contributed by atoms with van der Waals surface area (Å²) in [5, 5.41) is 4.37. The van der Waals surface area contributed by atoms with Gasteiger partial charge >= 0.3 is 0 Å². The molecule has 90 valence electrons. The van der Waals surface area contributed by atoms with E-state index in [1.807, 2.05) is 18.2 Å². The van der Waals surface area contributed by atoms with Crippen LogP contribution in [0.1, 0.15) is 0 Å². The maximum Gasteiger partial charge on any atom is 0.234 e. The van der Waals surface area contributed by atoms with Gasteiger partial charge < -0.3 is 5.73 Å². The van der Waals surface area contributed by atoms with E-state index in [1.54, 1.807) is 24.3 Å². The number of hydrogen-bond acceptors (Lipinski definition) is 3. The molecule has 2 N–H and O–H groups in total. The zero-order valence-electron chi connectivity index (χ0n) is 9.94. The smallest absolute Gasteiger partial charge is 0.234 e. The molecule has 0 aliphatic carbocycles. The van der Waals surface area contributed by atoms with Crippen LogP contribution < -0.4 is 16.6 Å². The molecule has 0 bridgehead atoms. The van der Waals surface area contributed by atoms with Crippen LogP contribution in [0.5, 0.6) is 0 Å². The summed E-state index contributed by atoms with van der Waals surface area (Å²) in [6.45, 7) is 0. The fourth-order valence-corrected chi connectivity index (χ4v) is 2.87. The molecular weight excluding hydrogens is 238 g/mol. The first kappa shape index (κ1) is 10.3. The van der Waals surface area contributed by atoms with Crippen LogP contribution in [0.3, 0.4) is 0 Å². The number of anilines is 1. The molecule has 0 aromatic heterocycles. The summed E-state index contributed by atoms with van der Waals surface area (Å²) in [5.74, 6) is 0. The highest BCUT2D eigenvalue weighted by atomic mass is 16.2. The summed E-state index contributed by atoms with van der Waals surface area (Å²) in [6, 6.07) is 12.6. The lowest BCUT2D eigenvalue weighted by Gasteiger charge is -2.10. The largest absolute Gasteiger partial charge is 0.398 e. The van der Waals surface area contributed by atoms with Crippen LogP contribution >= 0.6 is 0 Å². The highest BCUT2D eigenvalue weighted by Gasteiger charge is 2.15. The Morgan fingerprint density at radius 3 is 2.16 bits per heavy atom. The van der Waals surface area contributed by atoms with Gasteiger partial charge in [0.2, 0.25) is 10.9 Å². The zero-order chi connectivity index (χ0) is 13.1. The first-order valence-electron chi connectivity index (χ1n) is 6.01. The van der Waals surface area contributed by atoms with E-state index in [0.717, 1.165) is 21.5 Å². The van der Waals surface area contributed by atoms with Gasteiger partial charge in [-0.2, -0.15) is 0 Å². The van der Waals surface area contributed by atoms with Gasteiger partial charge in [-0.3, -0.25) is 9.59 Å². The van der Waals surface area contributed by atoms with E-state index in [9.17, 15) is 9.59 Å². The molecule has 0 heterocycles. The molecule has 0 saturated carbocycles. The zero-order valence-corrected chi connectivity index (χ0v) is 9.94. The van der Waals surface area contributed by atoms with Crippen molar-refractivity contribution in [2.45, 2.75) is 0 Å². The maximum absolute atomic E-state index is 12.2. The highest BCUT2D eigenvalue weighted by molar-refractivity contribution is 6.24. The van der Waals surface area contributed by atoms with E-state index >= 15 is 0 Å². The normalized spacial score (nSPS) is 11.8. The molecule has 0 fully saturated rings. The van der Waals surface area contributed by atoms with Gasteiger partial charge in [-0.15, -0.1) is 0 Å². The van der Waals surface area contributed by atoms with E-state index in [2.05, 4.69) is 0 Å². The molecule has 4 aromatic carbocycles. The van der Waals surface area contributed by atoms with Crippen molar-refractivity contribution in [2.24, 2.45) is 0 Å². The van der Waals surface area contributed by atoms with Crippen LogP contribution in [-0.4, -0.2) is 0 Å². The lowest BCUT2D eigenvalue weighted by molar-refractivity contribution is 1.60. The van der Waals surface area contributed by atoms with E-state index in [4.69, 9.17) is 5.73 Å². The Hall–Kier alpha value is -2.68. The van der Waals surface area contributed by atoms with E-state index in [-0.39, 0.29) is 0 Å². The highest BCUT2D eigenvalue weighted by Crippen LogP contribution is 2.33. The Morgan fingerprint density at radius 2 is 1.37 bits per heavy atom. The second kappa shape index (κ2) is 3.20. The third-order valence-corrected chi connectivity index (χ3v) is 3.75. The summed E-state index contributed by atoms with van der Waals surface area (Å²) < 4.78 is 0. The van der Waals surface area contributed by atoms with Crippen molar-refractivity contribution in [2.75, 3.05) is 5.73 Å². The minimum absolute atomic E-state index is 0.435. The first-order chi connectivity index (χ1) is 9.18. The molecule has 19 heavy (non-hydrogen) atoms. The van der Waals surface area contributed by atoms with Gasteiger partial charge in [-0.25, -0.2) is 0 Å². The number of nitrogens with two attached hydrogens (primary N) is 1. The van der Waals surface area contributed by atoms with Crippen LogP contribution in [0.4, 0.5) is 5.69 Å². The second-order valence-electron chi connectivity index (χ2n) is 4.75. The summed E-state index contributed by atoms with van der Waals surface area (Å²) in [7, 11) is 0. The van der Waals surface area contributed by atoms with Gasteiger partial charge in [-0.1, -0.05) is 30.3 Å². The van der Waals surface area contributed by atoms with E-state index in [1.165, 1.54) is 0 Å². The first-order valence-corrected chi connectivity index (χ1v) is 6.01. The average molecular weight is 247 g/mol. The number of rotatable bonds is 0. The minimum Gasteiger partial charge on any atom is -0.398 e. The average Bonchev–Trinajstić information content (AvgIpc) is 2.44. The molecule has 0 aliphatic heterocycles. The molecule has 3 heteroatoms. The number of benzene rings is 4. The molecule has 4 rings (SSSR count). The monoisotopic (exact) mass is 247 g/mol. The minimum atomic E-state index is -0.448. The van der Waals surface area contributed by atoms with Crippen molar-refractivity contribution in [3.8, 4) is 0 Å². The Balaban J connectivity index is 2.60. The second-order valence-corrected chi connectivity index (χ2v) is 4.75. The fraction of sp³-hybridized carbons (Fsp3) is 0. The predicted molar refractivity (Wildman–Crippen MR) is 78.3 cm³/mol. The lowest BCUT2D eigenvalue weighted by atomic mass is 9.93. The lowest BCUT2D eigenvalue weighted by Crippen LogP contribution is -2.24. The van der Waals surface area contributed by atoms with Crippen molar-refractivity contribution in [1.82, 2.24) is 0 Å². The van der Waals surface area contributed by atoms with Crippen LogP contribution in [0.2, 0.25) is 0 Å². The van der Waals surface area contributed by atoms with Gasteiger partial charge in [0, 0.05) is 32.6 Å². The molecule has 0 aliphatic rings. The van der Waals surface area contributed by atoms with Crippen LogP contribution in [0.15, 0.2) is 52.1 Å². The number of hydrogen-bond donors (Lipinski definition) is 1. The Bertz CT molecular complexity index is 1050. The van der Waals surface area contributed by atoms with Gasteiger partial charge in [0.05, 0.1) is 0 Å². The van der Waals surface area contributed by atoms with E-state index in [0.29, 0.717) is 16.5 Å². The molecule has 0 atom stereocenters. The Labute approximate surface area is 107 Å². The summed E-state index contributed by atoms with van der Waals surface area (Å²) in [6.07, 6.45) is 0. The number of nitrogen functional groups attached to an aromatic ring is 1. The van der Waals surface area contributed by atoms with E-state index < -0.39 is 10.9 Å². The third-order valence-electron chi connectivity index (χ3n) is 3.75. The van der Waals surface area contributed by atoms with Crippen LogP contribution in [0, 0.1) is 0 Å². The van der Waals surface area contributed by atoms with Crippen molar-refractivity contribution in [3.63, 3.8) is 0 Å². The molecule has 4 aromatic rings. The standard InChI is InChI=1S/C16H9NO2/c17-12-7-6-11-14-9(12)5-4-8-2-1-3-10(13(8)14)15(18)16(11)19/h1-7H,17H2. The molecule has 0 radical (unpaired) electrons. The summed E-state index contributed by atoms with van der Waals surface area (Å²) in [4.78, 5) is 24.3. The van der Waals surface area contributed by atoms with Crippen molar-refractivity contribution in [3.05, 3.63) is 62.9 Å². The summed E-state index contributed by atoms with van der Waals surface area (Å²) in [5.41, 5.74) is 5.71. The van der Waals surface area contributed by atoms with Crippen molar-refractivity contribution in [1.29, 1.82) is 0 Å². The fourth-order valence-electron chi connectivity index (χ4n) is 2.87. The van der Waals surface area contributed by atoms with Gasteiger partial charge in [-0.05, 0) is 17.5 Å². The topological polar surface area (TPSA) is 60.2 Å². The third kappa shape index (κ3) is 1.12. The summed E-state index contributed by atoms with van der Waals surface area (Å²) >= 11 is 0. The van der Waals surface area contributed by atoms with Crippen molar-refractivity contribution < 1.29 is 0 Å². The molecule has 0 spiro atoms. The Kier molecular flexibility index (Phi) is 1.73. The van der Waals surface area contributed by atoms with Gasteiger partial charge in [0.15, 0.2) is 0 Å². The maximum atomic E-state index is 12.2. The quantitative estimate of drug-likeness (QED) is 0.295. The SMILES string of the molecule is Nc1ccc2c(=O)c(=O)c3cccc4ccc1c2c43.